The number of nitrogens with zero attached hydrogens (tertiary/aromatic N) is 4. The van der Waals surface area contributed by atoms with E-state index in [4.69, 9.17) is 9.97 Å². The van der Waals surface area contributed by atoms with Crippen molar-refractivity contribution in [3.05, 3.63) is 17.1 Å². The molecule has 3 aliphatic rings. The van der Waals surface area contributed by atoms with E-state index in [0.29, 0.717) is 18.3 Å². The SMILES string of the molecule is Cc1nc([C@H]2CCCN(C)C2)nc2c1CCC(=O)N2CC1CCCCC1. The topological polar surface area (TPSA) is 49.3 Å². The lowest BCUT2D eigenvalue weighted by atomic mass is 9.88. The predicted molar refractivity (Wildman–Crippen MR) is 103 cm³/mol. The summed E-state index contributed by atoms with van der Waals surface area (Å²) in [4.78, 5) is 27.0. The van der Waals surface area contributed by atoms with Crippen LogP contribution in [0.25, 0.3) is 0 Å². The molecule has 0 spiro atoms. The number of likely N-dealkylation sites (N-methyl/N-ethyl adjacent to an activating group) is 1. The number of piperidine rings is 1. The predicted octanol–water partition coefficient (Wildman–Crippen LogP) is 3.45. The van der Waals surface area contributed by atoms with Crippen molar-refractivity contribution in [1.82, 2.24) is 14.9 Å². The molecule has 2 aliphatic heterocycles. The summed E-state index contributed by atoms with van der Waals surface area (Å²) >= 11 is 0. The van der Waals surface area contributed by atoms with Gasteiger partial charge in [0.05, 0.1) is 0 Å². The molecule has 1 aliphatic carbocycles. The Labute approximate surface area is 157 Å². The summed E-state index contributed by atoms with van der Waals surface area (Å²) in [5, 5.41) is 0. The van der Waals surface area contributed by atoms with Crippen LogP contribution in [0, 0.1) is 12.8 Å². The normalized spacial score (nSPS) is 25.4. The van der Waals surface area contributed by atoms with E-state index < -0.39 is 0 Å². The third kappa shape index (κ3) is 3.64. The van der Waals surface area contributed by atoms with Crippen LogP contribution in [0.15, 0.2) is 0 Å². The van der Waals surface area contributed by atoms with Crippen LogP contribution in [0.2, 0.25) is 0 Å². The van der Waals surface area contributed by atoms with Crippen molar-refractivity contribution in [1.29, 1.82) is 0 Å². The fraction of sp³-hybridized carbons (Fsp3) is 0.762. The molecule has 1 amide bonds. The van der Waals surface area contributed by atoms with Crippen LogP contribution in [0.5, 0.6) is 0 Å². The second-order valence-electron chi connectivity index (χ2n) is 8.58. The van der Waals surface area contributed by atoms with Gasteiger partial charge in [0.25, 0.3) is 0 Å². The Kier molecular flexibility index (Phi) is 5.25. The molecule has 26 heavy (non-hydrogen) atoms. The molecular weight excluding hydrogens is 324 g/mol. The number of fused-ring (bicyclic) bond motifs is 1. The number of hydrogen-bond donors (Lipinski definition) is 0. The second-order valence-corrected chi connectivity index (χ2v) is 8.58. The Balaban J connectivity index is 1.63. The smallest absolute Gasteiger partial charge is 0.228 e. The Morgan fingerprint density at radius 1 is 1.04 bits per heavy atom. The van der Waals surface area contributed by atoms with E-state index in [9.17, 15) is 4.79 Å². The van der Waals surface area contributed by atoms with Crippen molar-refractivity contribution in [2.24, 2.45) is 5.92 Å². The number of hydrogen-bond acceptors (Lipinski definition) is 4. The van der Waals surface area contributed by atoms with Crippen LogP contribution in [0.3, 0.4) is 0 Å². The molecule has 4 rings (SSSR count). The molecule has 142 valence electrons. The van der Waals surface area contributed by atoms with E-state index in [0.717, 1.165) is 49.8 Å². The van der Waals surface area contributed by atoms with Gasteiger partial charge in [0.1, 0.15) is 11.6 Å². The van der Waals surface area contributed by atoms with E-state index in [-0.39, 0.29) is 5.91 Å². The molecule has 0 N–H and O–H groups in total. The number of anilines is 1. The minimum Gasteiger partial charge on any atom is -0.306 e. The molecular formula is C21H32N4O. The van der Waals surface area contributed by atoms with Crippen LogP contribution in [0.4, 0.5) is 5.82 Å². The lowest BCUT2D eigenvalue weighted by Crippen LogP contribution is -2.41. The molecule has 0 bridgehead atoms. The summed E-state index contributed by atoms with van der Waals surface area (Å²) in [6.07, 6.45) is 10.2. The molecule has 0 aromatic carbocycles. The molecule has 1 saturated heterocycles. The molecule has 5 heteroatoms. The summed E-state index contributed by atoms with van der Waals surface area (Å²) in [5.41, 5.74) is 2.28. The van der Waals surface area contributed by atoms with Crippen LogP contribution in [-0.4, -0.2) is 47.5 Å². The monoisotopic (exact) mass is 356 g/mol. The van der Waals surface area contributed by atoms with Crippen molar-refractivity contribution >= 4 is 11.7 Å². The van der Waals surface area contributed by atoms with Gasteiger partial charge in [-0.2, -0.15) is 0 Å². The van der Waals surface area contributed by atoms with Crippen LogP contribution < -0.4 is 4.90 Å². The number of carbonyl (C=O) groups excluding carboxylic acids is 1. The summed E-state index contributed by atoms with van der Waals surface area (Å²) in [5.74, 6) is 3.18. The van der Waals surface area contributed by atoms with Gasteiger partial charge in [-0.3, -0.25) is 9.69 Å². The average Bonchev–Trinajstić information content (AvgIpc) is 2.65. The minimum absolute atomic E-state index is 0.257. The fourth-order valence-corrected chi connectivity index (χ4v) is 4.98. The minimum atomic E-state index is 0.257. The molecule has 2 fully saturated rings. The largest absolute Gasteiger partial charge is 0.306 e. The summed E-state index contributed by atoms with van der Waals surface area (Å²) in [6, 6.07) is 0. The zero-order valence-electron chi connectivity index (χ0n) is 16.3. The van der Waals surface area contributed by atoms with Crippen molar-refractivity contribution in [2.75, 3.05) is 31.6 Å². The number of aromatic nitrogens is 2. The van der Waals surface area contributed by atoms with E-state index in [1.54, 1.807) is 0 Å². The van der Waals surface area contributed by atoms with E-state index >= 15 is 0 Å². The molecule has 1 aromatic rings. The standard InChI is InChI=1S/C21H32N4O/c1-15-18-10-11-19(26)25(13-16-7-4-3-5-8-16)21(18)23-20(22-15)17-9-6-12-24(2)14-17/h16-17H,3-14H2,1-2H3/t17-/m0/s1. The van der Waals surface area contributed by atoms with Gasteiger partial charge in [-0.15, -0.1) is 0 Å². The van der Waals surface area contributed by atoms with Crippen molar-refractivity contribution in [3.63, 3.8) is 0 Å². The van der Waals surface area contributed by atoms with Crippen LogP contribution in [-0.2, 0) is 11.2 Å². The van der Waals surface area contributed by atoms with Gasteiger partial charge in [0, 0.05) is 36.7 Å². The van der Waals surface area contributed by atoms with Gasteiger partial charge in [-0.1, -0.05) is 19.3 Å². The fourth-order valence-electron chi connectivity index (χ4n) is 4.98. The van der Waals surface area contributed by atoms with Gasteiger partial charge in [-0.05, 0) is 58.5 Å². The maximum Gasteiger partial charge on any atom is 0.228 e. The summed E-state index contributed by atoms with van der Waals surface area (Å²) in [7, 11) is 2.18. The average molecular weight is 357 g/mol. The van der Waals surface area contributed by atoms with E-state index in [1.807, 2.05) is 4.90 Å². The lowest BCUT2D eigenvalue weighted by molar-refractivity contribution is -0.119. The molecule has 1 saturated carbocycles. The number of amides is 1. The Morgan fingerprint density at radius 2 is 1.85 bits per heavy atom. The highest BCUT2D eigenvalue weighted by Gasteiger charge is 2.32. The van der Waals surface area contributed by atoms with E-state index in [1.165, 1.54) is 44.1 Å². The highest BCUT2D eigenvalue weighted by molar-refractivity contribution is 5.95. The second kappa shape index (κ2) is 7.63. The number of carbonyl (C=O) groups is 1. The lowest BCUT2D eigenvalue weighted by Gasteiger charge is -2.34. The first-order chi connectivity index (χ1) is 12.6. The molecule has 5 nitrogen and oxygen atoms in total. The first-order valence-electron chi connectivity index (χ1n) is 10.5. The zero-order chi connectivity index (χ0) is 18.1. The molecule has 0 radical (unpaired) electrons. The highest BCUT2D eigenvalue weighted by Crippen LogP contribution is 2.34. The third-order valence-electron chi connectivity index (χ3n) is 6.51. The van der Waals surface area contributed by atoms with Crippen LogP contribution in [0.1, 0.15) is 74.4 Å². The van der Waals surface area contributed by atoms with Gasteiger partial charge in [0.15, 0.2) is 0 Å². The van der Waals surface area contributed by atoms with Crippen molar-refractivity contribution < 1.29 is 4.79 Å². The first-order valence-corrected chi connectivity index (χ1v) is 10.5. The van der Waals surface area contributed by atoms with Crippen molar-refractivity contribution in [2.45, 2.75) is 70.6 Å². The summed E-state index contributed by atoms with van der Waals surface area (Å²) in [6.45, 7) is 5.14. The third-order valence-corrected chi connectivity index (χ3v) is 6.51. The first kappa shape index (κ1) is 17.9. The van der Waals surface area contributed by atoms with Gasteiger partial charge in [0.2, 0.25) is 5.91 Å². The Bertz CT molecular complexity index is 668. The number of rotatable bonds is 3. The van der Waals surface area contributed by atoms with Gasteiger partial charge >= 0.3 is 0 Å². The Morgan fingerprint density at radius 3 is 2.62 bits per heavy atom. The molecule has 1 atom stereocenters. The summed E-state index contributed by atoms with van der Waals surface area (Å²) < 4.78 is 0. The maximum atomic E-state index is 12.7. The van der Waals surface area contributed by atoms with Crippen molar-refractivity contribution in [3.8, 4) is 0 Å². The van der Waals surface area contributed by atoms with Crippen LogP contribution >= 0.6 is 0 Å². The van der Waals surface area contributed by atoms with E-state index in [2.05, 4.69) is 18.9 Å². The molecule has 3 heterocycles. The molecule has 0 unspecified atom stereocenters. The van der Waals surface area contributed by atoms with Gasteiger partial charge < -0.3 is 4.90 Å². The maximum absolute atomic E-state index is 12.7. The quantitative estimate of drug-likeness (QED) is 0.832. The number of aryl methyl sites for hydroxylation is 1. The molecule has 1 aromatic heterocycles. The van der Waals surface area contributed by atoms with Gasteiger partial charge in [-0.25, -0.2) is 9.97 Å². The Hall–Kier alpha value is -1.49. The number of likely N-dealkylation sites (tertiary alicyclic amines) is 1. The zero-order valence-corrected chi connectivity index (χ0v) is 16.3. The highest BCUT2D eigenvalue weighted by atomic mass is 16.2.